The lowest BCUT2D eigenvalue weighted by Gasteiger charge is -2.28. The molecule has 0 heterocycles. The number of Topliss-reactive ketones (excluding diaryl/α,β-unsaturated/α-hetero) is 2. The van der Waals surface area contributed by atoms with Gasteiger partial charge in [-0.05, 0) is 25.2 Å². The largest absolute Gasteiger partial charge is 0.289 e. The maximum atomic E-state index is 12.4. The Hall–Kier alpha value is -1.70. The molecule has 86 valence electrons. The zero-order valence-electron chi connectivity index (χ0n) is 9.82. The summed E-state index contributed by atoms with van der Waals surface area (Å²) in [7, 11) is 0. The molecule has 1 atom stereocenters. The fourth-order valence-electron chi connectivity index (χ4n) is 2.94. The third kappa shape index (κ3) is 1.40. The maximum Gasteiger partial charge on any atom is 0.190 e. The molecule has 2 aliphatic rings. The summed E-state index contributed by atoms with van der Waals surface area (Å²) in [5, 5.41) is 0. The highest BCUT2D eigenvalue weighted by atomic mass is 16.1. The number of benzene rings is 1. The molecule has 1 unspecified atom stereocenters. The zero-order valence-corrected chi connectivity index (χ0v) is 9.82. The van der Waals surface area contributed by atoms with E-state index in [1.54, 1.807) is 12.1 Å². The van der Waals surface area contributed by atoms with E-state index in [2.05, 4.69) is 0 Å². The molecule has 0 spiro atoms. The monoisotopic (exact) mass is 226 g/mol. The Kier molecular flexibility index (Phi) is 2.25. The standard InChI is InChI=1S/C15H14O2/c1-9-5-4-8-12-13(9)15(17)11-7-3-2-6-10(11)14(12)16/h2-3,6-7,9H,4-5,8H2,1H3. The second-order valence-electron chi connectivity index (χ2n) is 4.89. The van der Waals surface area contributed by atoms with Crippen molar-refractivity contribution in [2.45, 2.75) is 26.2 Å². The van der Waals surface area contributed by atoms with Gasteiger partial charge in [-0.25, -0.2) is 0 Å². The molecule has 1 aromatic rings. The number of carbonyl (C=O) groups excluding carboxylic acids is 2. The van der Waals surface area contributed by atoms with Crippen LogP contribution in [0.5, 0.6) is 0 Å². The molecule has 1 aromatic carbocycles. The number of ketones is 2. The first-order valence-electron chi connectivity index (χ1n) is 6.11. The van der Waals surface area contributed by atoms with Gasteiger partial charge in [0.2, 0.25) is 0 Å². The molecular weight excluding hydrogens is 212 g/mol. The van der Waals surface area contributed by atoms with Crippen molar-refractivity contribution < 1.29 is 9.59 Å². The first-order chi connectivity index (χ1) is 8.20. The Balaban J connectivity index is 2.23. The van der Waals surface area contributed by atoms with Gasteiger partial charge >= 0.3 is 0 Å². The van der Waals surface area contributed by atoms with E-state index in [1.165, 1.54) is 0 Å². The van der Waals surface area contributed by atoms with E-state index < -0.39 is 0 Å². The predicted molar refractivity (Wildman–Crippen MR) is 65.1 cm³/mol. The van der Waals surface area contributed by atoms with Crippen LogP contribution < -0.4 is 0 Å². The van der Waals surface area contributed by atoms with E-state index in [-0.39, 0.29) is 17.5 Å². The summed E-state index contributed by atoms with van der Waals surface area (Å²) >= 11 is 0. The number of hydrogen-bond acceptors (Lipinski definition) is 2. The number of carbonyl (C=O) groups is 2. The van der Waals surface area contributed by atoms with Crippen LogP contribution in [0.3, 0.4) is 0 Å². The SMILES string of the molecule is CC1CCCC2=C1C(=O)c1ccccc1C2=O. The van der Waals surface area contributed by atoms with Gasteiger partial charge in [-0.15, -0.1) is 0 Å². The third-order valence-electron chi connectivity index (χ3n) is 3.82. The third-order valence-corrected chi connectivity index (χ3v) is 3.82. The molecule has 0 N–H and O–H groups in total. The minimum atomic E-state index is 0.0711. The summed E-state index contributed by atoms with van der Waals surface area (Å²) in [4.78, 5) is 24.7. The van der Waals surface area contributed by atoms with Crippen LogP contribution in [0.15, 0.2) is 35.4 Å². The van der Waals surface area contributed by atoms with Crippen molar-refractivity contribution in [1.82, 2.24) is 0 Å². The average Bonchev–Trinajstić information content (AvgIpc) is 2.36. The number of rotatable bonds is 0. The number of fused-ring (bicyclic) bond motifs is 1. The molecular formula is C15H14O2. The lowest BCUT2D eigenvalue weighted by molar-refractivity contribution is 0.0956. The molecule has 0 fully saturated rings. The highest BCUT2D eigenvalue weighted by molar-refractivity contribution is 6.27. The van der Waals surface area contributed by atoms with E-state index in [1.807, 2.05) is 19.1 Å². The van der Waals surface area contributed by atoms with Gasteiger partial charge in [0.05, 0.1) is 0 Å². The Bertz CT molecular complexity index is 552. The highest BCUT2D eigenvalue weighted by Gasteiger charge is 2.35. The summed E-state index contributed by atoms with van der Waals surface area (Å²) in [6, 6.07) is 7.17. The first kappa shape index (κ1) is 10.5. The summed E-state index contributed by atoms with van der Waals surface area (Å²) in [6.07, 6.45) is 2.79. The van der Waals surface area contributed by atoms with Crippen LogP contribution in [0.1, 0.15) is 46.9 Å². The van der Waals surface area contributed by atoms with Crippen molar-refractivity contribution in [1.29, 1.82) is 0 Å². The quantitative estimate of drug-likeness (QED) is 0.680. The van der Waals surface area contributed by atoms with Crippen LogP contribution in [0.25, 0.3) is 0 Å². The molecule has 0 amide bonds. The normalized spacial score (nSPS) is 23.5. The Morgan fingerprint density at radius 1 is 1.06 bits per heavy atom. The van der Waals surface area contributed by atoms with Crippen molar-refractivity contribution in [3.8, 4) is 0 Å². The summed E-state index contributed by atoms with van der Waals surface area (Å²) < 4.78 is 0. The Morgan fingerprint density at radius 2 is 1.71 bits per heavy atom. The molecule has 0 bridgehead atoms. The fraction of sp³-hybridized carbons (Fsp3) is 0.333. The second-order valence-corrected chi connectivity index (χ2v) is 4.89. The summed E-state index contributed by atoms with van der Waals surface area (Å²) in [5.41, 5.74) is 2.72. The van der Waals surface area contributed by atoms with Gasteiger partial charge in [-0.1, -0.05) is 31.2 Å². The van der Waals surface area contributed by atoms with Crippen molar-refractivity contribution in [3.05, 3.63) is 46.5 Å². The van der Waals surface area contributed by atoms with Crippen LogP contribution in [0, 0.1) is 5.92 Å². The summed E-state index contributed by atoms with van der Waals surface area (Å²) in [6.45, 7) is 2.05. The van der Waals surface area contributed by atoms with Crippen LogP contribution in [-0.4, -0.2) is 11.6 Å². The molecule has 0 radical (unpaired) electrons. The van der Waals surface area contributed by atoms with E-state index >= 15 is 0 Å². The van der Waals surface area contributed by atoms with Gasteiger partial charge in [0.1, 0.15) is 0 Å². The van der Waals surface area contributed by atoms with Crippen molar-refractivity contribution in [2.75, 3.05) is 0 Å². The molecule has 2 aliphatic carbocycles. The van der Waals surface area contributed by atoms with Crippen LogP contribution in [-0.2, 0) is 0 Å². The van der Waals surface area contributed by atoms with E-state index in [0.29, 0.717) is 11.1 Å². The van der Waals surface area contributed by atoms with Crippen LogP contribution >= 0.6 is 0 Å². The molecule has 3 rings (SSSR count). The van der Waals surface area contributed by atoms with Crippen LogP contribution in [0.4, 0.5) is 0 Å². The van der Waals surface area contributed by atoms with Crippen molar-refractivity contribution in [2.24, 2.45) is 5.92 Å². The molecule has 0 aromatic heterocycles. The number of allylic oxidation sites excluding steroid dienone is 2. The molecule has 0 saturated carbocycles. The summed E-state index contributed by atoms with van der Waals surface area (Å²) in [5.74, 6) is 0.368. The van der Waals surface area contributed by atoms with E-state index in [9.17, 15) is 9.59 Å². The van der Waals surface area contributed by atoms with Crippen molar-refractivity contribution >= 4 is 11.6 Å². The molecule has 0 saturated heterocycles. The highest BCUT2D eigenvalue weighted by Crippen LogP contribution is 2.38. The fourth-order valence-corrected chi connectivity index (χ4v) is 2.94. The maximum absolute atomic E-state index is 12.4. The minimum absolute atomic E-state index is 0.0711. The number of hydrogen-bond donors (Lipinski definition) is 0. The Morgan fingerprint density at radius 3 is 2.41 bits per heavy atom. The zero-order chi connectivity index (χ0) is 12.0. The van der Waals surface area contributed by atoms with Gasteiger partial charge in [-0.2, -0.15) is 0 Å². The van der Waals surface area contributed by atoms with Gasteiger partial charge in [0.25, 0.3) is 0 Å². The lowest BCUT2D eigenvalue weighted by atomic mass is 9.73. The lowest BCUT2D eigenvalue weighted by Crippen LogP contribution is -2.27. The molecule has 2 heteroatoms. The predicted octanol–water partition coefficient (Wildman–Crippen LogP) is 3.18. The average molecular weight is 226 g/mol. The van der Waals surface area contributed by atoms with Gasteiger partial charge < -0.3 is 0 Å². The first-order valence-corrected chi connectivity index (χ1v) is 6.11. The minimum Gasteiger partial charge on any atom is -0.289 e. The van der Waals surface area contributed by atoms with E-state index in [4.69, 9.17) is 0 Å². The van der Waals surface area contributed by atoms with Gasteiger partial charge in [-0.3, -0.25) is 9.59 Å². The van der Waals surface area contributed by atoms with Gasteiger partial charge in [0.15, 0.2) is 11.6 Å². The second kappa shape index (κ2) is 3.66. The molecule has 2 nitrogen and oxygen atoms in total. The van der Waals surface area contributed by atoms with E-state index in [0.717, 1.165) is 30.4 Å². The van der Waals surface area contributed by atoms with Gasteiger partial charge in [0, 0.05) is 22.3 Å². The topological polar surface area (TPSA) is 34.1 Å². The molecule has 0 aliphatic heterocycles. The van der Waals surface area contributed by atoms with Crippen LogP contribution in [0.2, 0.25) is 0 Å². The Labute approximate surface area is 100 Å². The van der Waals surface area contributed by atoms with Crippen molar-refractivity contribution in [3.63, 3.8) is 0 Å². The smallest absolute Gasteiger partial charge is 0.190 e. The molecule has 17 heavy (non-hydrogen) atoms.